The normalized spacial score (nSPS) is 15.0. The van der Waals surface area contributed by atoms with E-state index in [1.165, 1.54) is 22.7 Å². The molecule has 0 amide bonds. The third-order valence-corrected chi connectivity index (χ3v) is 9.21. The first kappa shape index (κ1) is 31.9. The van der Waals surface area contributed by atoms with Crippen molar-refractivity contribution in [2.24, 2.45) is 12.2 Å². The standard InChI is InChI=1S/C27H37N7O8S/c1-4-7-20-22(18-28-36)31(3)25-24(20)29-26(30-27(25)35)21-17-19(8-9-23(21)41-15-5-2)43(39,40)33-13-11-32(12-14-33)10-6-16-42-34(37)38/h8-9,17-18,36H,4-7,10-16H2,1-3H3,(H,29,30,35)/b28-18+. The van der Waals surface area contributed by atoms with Crippen LogP contribution in [0.4, 0.5) is 0 Å². The Bertz CT molecular complexity index is 1640. The molecule has 4 rings (SSSR count). The van der Waals surface area contributed by atoms with Gasteiger partial charge in [0, 0.05) is 45.3 Å². The van der Waals surface area contributed by atoms with Gasteiger partial charge in [-0.2, -0.15) is 4.31 Å². The Balaban J connectivity index is 1.69. The summed E-state index contributed by atoms with van der Waals surface area (Å²) in [6.45, 7) is 6.31. The largest absolute Gasteiger partial charge is 0.493 e. The van der Waals surface area contributed by atoms with E-state index in [1.54, 1.807) is 17.7 Å². The lowest BCUT2D eigenvalue weighted by Gasteiger charge is -2.34. The molecule has 3 aromatic rings. The minimum absolute atomic E-state index is 0.0120. The van der Waals surface area contributed by atoms with E-state index in [9.17, 15) is 28.5 Å². The summed E-state index contributed by atoms with van der Waals surface area (Å²) in [4.78, 5) is 37.7. The first-order chi connectivity index (χ1) is 20.6. The number of sulfonamides is 1. The van der Waals surface area contributed by atoms with Crippen molar-refractivity contribution in [1.82, 2.24) is 23.7 Å². The van der Waals surface area contributed by atoms with Crippen LogP contribution in [0.1, 0.15) is 44.4 Å². The Kier molecular flexibility index (Phi) is 10.4. The lowest BCUT2D eigenvalue weighted by Crippen LogP contribution is -2.48. The van der Waals surface area contributed by atoms with Crippen LogP contribution in [-0.2, 0) is 28.3 Å². The maximum atomic E-state index is 13.7. The van der Waals surface area contributed by atoms with Crippen molar-refractivity contribution in [2.75, 3.05) is 45.9 Å². The average molecular weight is 620 g/mol. The lowest BCUT2D eigenvalue weighted by atomic mass is 10.1. The van der Waals surface area contributed by atoms with E-state index in [0.717, 1.165) is 12.0 Å². The molecule has 1 aromatic carbocycles. The molecule has 0 radical (unpaired) electrons. The van der Waals surface area contributed by atoms with Gasteiger partial charge in [0.2, 0.25) is 10.0 Å². The molecule has 234 valence electrons. The van der Waals surface area contributed by atoms with Gasteiger partial charge in [-0.3, -0.25) is 4.79 Å². The van der Waals surface area contributed by atoms with Crippen LogP contribution in [0, 0.1) is 10.1 Å². The van der Waals surface area contributed by atoms with Crippen molar-refractivity contribution < 1.29 is 28.3 Å². The number of hydrogen-bond donors (Lipinski definition) is 2. The second-order valence-electron chi connectivity index (χ2n) is 10.2. The average Bonchev–Trinajstić information content (AvgIpc) is 3.25. The molecule has 0 atom stereocenters. The van der Waals surface area contributed by atoms with Crippen molar-refractivity contribution >= 4 is 27.3 Å². The predicted octanol–water partition coefficient (Wildman–Crippen LogP) is 2.38. The number of aromatic amines is 1. The smallest absolute Gasteiger partial charge is 0.294 e. The minimum Gasteiger partial charge on any atom is -0.493 e. The molecule has 0 saturated carbocycles. The summed E-state index contributed by atoms with van der Waals surface area (Å²) in [5, 5.41) is 21.9. The van der Waals surface area contributed by atoms with Crippen molar-refractivity contribution in [1.29, 1.82) is 0 Å². The zero-order valence-corrected chi connectivity index (χ0v) is 25.3. The number of aromatic nitrogens is 3. The maximum Gasteiger partial charge on any atom is 0.294 e. The molecule has 1 aliphatic rings. The summed E-state index contributed by atoms with van der Waals surface area (Å²) in [5.74, 6) is 0.549. The number of piperazine rings is 1. The number of nitrogens with zero attached hydrogens (tertiary/aromatic N) is 6. The molecule has 1 aliphatic heterocycles. The molecule has 0 spiro atoms. The Hall–Kier alpha value is -4.02. The molecule has 0 bridgehead atoms. The molecule has 2 N–H and O–H groups in total. The summed E-state index contributed by atoms with van der Waals surface area (Å²) in [6, 6.07) is 4.54. The molecule has 43 heavy (non-hydrogen) atoms. The number of nitrogens with one attached hydrogen (secondary N) is 1. The van der Waals surface area contributed by atoms with Crippen molar-refractivity contribution in [2.45, 2.75) is 44.4 Å². The maximum absolute atomic E-state index is 13.7. The second kappa shape index (κ2) is 14.0. The monoisotopic (exact) mass is 619 g/mol. The van der Waals surface area contributed by atoms with Gasteiger partial charge in [0.15, 0.2) is 0 Å². The van der Waals surface area contributed by atoms with Gasteiger partial charge in [0.05, 0.1) is 35.6 Å². The number of benzene rings is 1. The van der Waals surface area contributed by atoms with E-state index >= 15 is 0 Å². The summed E-state index contributed by atoms with van der Waals surface area (Å²) < 4.78 is 36.4. The van der Waals surface area contributed by atoms with Crippen LogP contribution in [-0.4, -0.2) is 94.6 Å². The van der Waals surface area contributed by atoms with Crippen molar-refractivity contribution in [3.05, 3.63) is 49.9 Å². The van der Waals surface area contributed by atoms with Crippen LogP contribution in [0.25, 0.3) is 22.4 Å². The van der Waals surface area contributed by atoms with Crippen LogP contribution in [0.15, 0.2) is 33.0 Å². The molecule has 16 heteroatoms. The van der Waals surface area contributed by atoms with Gasteiger partial charge >= 0.3 is 0 Å². The van der Waals surface area contributed by atoms with E-state index in [1.807, 2.05) is 18.7 Å². The predicted molar refractivity (Wildman–Crippen MR) is 159 cm³/mol. The zero-order valence-electron chi connectivity index (χ0n) is 24.5. The van der Waals surface area contributed by atoms with E-state index in [2.05, 4.69) is 15.0 Å². The molecular formula is C27H37N7O8S. The first-order valence-corrected chi connectivity index (χ1v) is 15.6. The van der Waals surface area contributed by atoms with Crippen molar-refractivity contribution in [3.8, 4) is 17.1 Å². The molecule has 2 aromatic heterocycles. The lowest BCUT2D eigenvalue weighted by molar-refractivity contribution is -0.757. The molecule has 3 heterocycles. The van der Waals surface area contributed by atoms with Crippen LogP contribution in [0.2, 0.25) is 0 Å². The number of aryl methyl sites for hydroxylation is 2. The van der Waals surface area contributed by atoms with Gasteiger partial charge in [-0.05, 0) is 37.5 Å². The van der Waals surface area contributed by atoms with Crippen LogP contribution < -0.4 is 10.3 Å². The summed E-state index contributed by atoms with van der Waals surface area (Å²) in [6.07, 6.45) is 3.79. The molecule has 0 aliphatic carbocycles. The highest BCUT2D eigenvalue weighted by molar-refractivity contribution is 7.89. The van der Waals surface area contributed by atoms with Crippen LogP contribution in [0.3, 0.4) is 0 Å². The summed E-state index contributed by atoms with van der Waals surface area (Å²) >= 11 is 0. The third-order valence-electron chi connectivity index (χ3n) is 7.32. The number of fused-ring (bicyclic) bond motifs is 1. The van der Waals surface area contributed by atoms with Gasteiger partial charge < -0.3 is 29.2 Å². The molecule has 15 nitrogen and oxygen atoms in total. The van der Waals surface area contributed by atoms with E-state index in [-0.39, 0.29) is 30.4 Å². The number of H-pyrrole nitrogens is 1. The quantitative estimate of drug-likeness (QED) is 0.0892. The minimum atomic E-state index is -3.90. The van der Waals surface area contributed by atoms with E-state index < -0.39 is 20.7 Å². The Morgan fingerprint density at radius 3 is 2.58 bits per heavy atom. The Labute approximate surface area is 248 Å². The summed E-state index contributed by atoms with van der Waals surface area (Å²) in [5.41, 5.74) is 1.95. The topological polar surface area (TPSA) is 185 Å². The van der Waals surface area contributed by atoms with E-state index in [4.69, 9.17) is 9.72 Å². The molecule has 0 unspecified atom stereocenters. The second-order valence-corrected chi connectivity index (χ2v) is 12.1. The SMILES string of the molecule is CCCOc1ccc(S(=O)(=O)N2CCN(CCCO[N+](=O)[O-])CC2)cc1-c1nc2c(CCC)c(/C=N/O)n(C)c2c(=O)[nH]1. The fourth-order valence-corrected chi connectivity index (χ4v) is 6.69. The van der Waals surface area contributed by atoms with Gasteiger partial charge in [0.1, 0.15) is 22.6 Å². The number of oxime groups is 1. The highest BCUT2D eigenvalue weighted by Gasteiger charge is 2.30. The Morgan fingerprint density at radius 2 is 1.93 bits per heavy atom. The van der Waals surface area contributed by atoms with Gasteiger partial charge in [-0.1, -0.05) is 25.4 Å². The molecule has 1 saturated heterocycles. The fourth-order valence-electron chi connectivity index (χ4n) is 5.24. The third kappa shape index (κ3) is 6.97. The number of ether oxygens (including phenoxy) is 1. The highest BCUT2D eigenvalue weighted by atomic mass is 32.2. The van der Waals surface area contributed by atoms with Gasteiger partial charge in [0.25, 0.3) is 10.6 Å². The van der Waals surface area contributed by atoms with Gasteiger partial charge in [-0.15, -0.1) is 10.1 Å². The number of rotatable bonds is 14. The molecule has 1 fully saturated rings. The molecular weight excluding hydrogens is 582 g/mol. The first-order valence-electron chi connectivity index (χ1n) is 14.2. The van der Waals surface area contributed by atoms with Crippen LogP contribution in [0.5, 0.6) is 5.75 Å². The zero-order chi connectivity index (χ0) is 31.1. The number of hydrogen-bond acceptors (Lipinski definition) is 11. The Morgan fingerprint density at radius 1 is 1.19 bits per heavy atom. The highest BCUT2D eigenvalue weighted by Crippen LogP contribution is 2.33. The van der Waals surface area contributed by atoms with Crippen molar-refractivity contribution in [3.63, 3.8) is 0 Å². The van der Waals surface area contributed by atoms with Gasteiger partial charge in [-0.25, -0.2) is 13.4 Å². The van der Waals surface area contributed by atoms with E-state index in [0.29, 0.717) is 73.5 Å². The van der Waals surface area contributed by atoms with Crippen LogP contribution >= 0.6 is 0 Å². The summed E-state index contributed by atoms with van der Waals surface area (Å²) in [7, 11) is -2.21. The fraction of sp³-hybridized carbons (Fsp3) is 0.519.